The van der Waals surface area contributed by atoms with Crippen LogP contribution in [0, 0.1) is 6.92 Å². The van der Waals surface area contributed by atoms with Crippen molar-refractivity contribution in [1.82, 2.24) is 0 Å². The lowest BCUT2D eigenvalue weighted by atomic mass is 10.1. The summed E-state index contributed by atoms with van der Waals surface area (Å²) in [5, 5.41) is 0. The molecule has 3 aromatic carbocycles. The van der Waals surface area contributed by atoms with E-state index < -0.39 is 22.2 Å². The van der Waals surface area contributed by atoms with E-state index in [1.807, 2.05) is 37.3 Å². The van der Waals surface area contributed by atoms with Crippen molar-refractivity contribution in [3.63, 3.8) is 0 Å². The first-order valence-electron chi connectivity index (χ1n) is 8.71. The Morgan fingerprint density at radius 3 is 2.04 bits per heavy atom. The zero-order valence-corrected chi connectivity index (χ0v) is 16.1. The smallest absolute Gasteiger partial charge is 0.341 e. The van der Waals surface area contributed by atoms with Crippen molar-refractivity contribution in [3.8, 4) is 0 Å². The Morgan fingerprint density at radius 2 is 1.43 bits per heavy atom. The predicted molar refractivity (Wildman–Crippen MR) is 105 cm³/mol. The number of hydrogen-bond acceptors (Lipinski definition) is 5. The second-order valence-corrected chi connectivity index (χ2v) is 7.82. The summed E-state index contributed by atoms with van der Waals surface area (Å²) in [6, 6.07) is 23.8. The number of ether oxygens (including phenoxy) is 1. The highest BCUT2D eigenvalue weighted by atomic mass is 32.2. The highest BCUT2D eigenvalue weighted by molar-refractivity contribution is 7.86. The van der Waals surface area contributed by atoms with Crippen LogP contribution in [0.2, 0.25) is 0 Å². The van der Waals surface area contributed by atoms with Gasteiger partial charge in [0.05, 0.1) is 4.90 Å². The van der Waals surface area contributed by atoms with E-state index in [9.17, 15) is 13.2 Å². The van der Waals surface area contributed by atoms with Gasteiger partial charge in [0, 0.05) is 0 Å². The van der Waals surface area contributed by atoms with E-state index in [-0.39, 0.29) is 11.5 Å². The Hall–Kier alpha value is -2.96. The molecule has 28 heavy (non-hydrogen) atoms. The van der Waals surface area contributed by atoms with E-state index in [1.165, 1.54) is 12.1 Å². The zero-order chi connectivity index (χ0) is 20.0. The Labute approximate surface area is 164 Å². The third-order valence-corrected chi connectivity index (χ3v) is 5.37. The molecule has 3 rings (SSSR count). The highest BCUT2D eigenvalue weighted by Gasteiger charge is 2.30. The topological polar surface area (TPSA) is 69.7 Å². The fourth-order valence-corrected chi connectivity index (χ4v) is 3.57. The molecule has 0 amide bonds. The van der Waals surface area contributed by atoms with Gasteiger partial charge < -0.3 is 4.74 Å². The predicted octanol–water partition coefficient (Wildman–Crippen LogP) is 4.19. The molecule has 0 fully saturated rings. The summed E-state index contributed by atoms with van der Waals surface area (Å²) in [6.45, 7) is 1.88. The molecule has 0 heterocycles. The van der Waals surface area contributed by atoms with Crippen molar-refractivity contribution in [2.75, 3.05) is 0 Å². The maximum atomic E-state index is 12.7. The zero-order valence-electron chi connectivity index (χ0n) is 15.3. The van der Waals surface area contributed by atoms with E-state index in [0.717, 1.165) is 11.1 Å². The van der Waals surface area contributed by atoms with Crippen LogP contribution < -0.4 is 0 Å². The van der Waals surface area contributed by atoms with Crippen LogP contribution in [0.3, 0.4) is 0 Å². The third kappa shape index (κ3) is 5.06. The van der Waals surface area contributed by atoms with Crippen LogP contribution in [0.25, 0.3) is 0 Å². The average molecular weight is 396 g/mol. The van der Waals surface area contributed by atoms with Crippen LogP contribution in [0.15, 0.2) is 89.8 Å². The van der Waals surface area contributed by atoms with Crippen molar-refractivity contribution < 1.29 is 22.1 Å². The largest absolute Gasteiger partial charge is 0.459 e. The van der Waals surface area contributed by atoms with Crippen molar-refractivity contribution in [2.45, 2.75) is 24.5 Å². The van der Waals surface area contributed by atoms with Crippen LogP contribution >= 0.6 is 0 Å². The minimum Gasteiger partial charge on any atom is -0.459 e. The molecule has 0 radical (unpaired) electrons. The molecule has 0 aliphatic carbocycles. The molecule has 1 atom stereocenters. The minimum atomic E-state index is -4.15. The lowest BCUT2D eigenvalue weighted by Crippen LogP contribution is -2.22. The van der Waals surface area contributed by atoms with Gasteiger partial charge in [-0.05, 0) is 30.2 Å². The molecule has 0 spiro atoms. The summed E-state index contributed by atoms with van der Waals surface area (Å²) in [6.07, 6.45) is -1.39. The van der Waals surface area contributed by atoms with Gasteiger partial charge >= 0.3 is 5.97 Å². The summed E-state index contributed by atoms with van der Waals surface area (Å²) >= 11 is 0. The average Bonchev–Trinajstić information content (AvgIpc) is 2.72. The molecular weight excluding hydrogens is 376 g/mol. The molecule has 0 saturated heterocycles. The fourth-order valence-electron chi connectivity index (χ4n) is 2.55. The summed E-state index contributed by atoms with van der Waals surface area (Å²) in [5.74, 6) is -0.772. The number of hydrogen-bond donors (Lipinski definition) is 0. The van der Waals surface area contributed by atoms with Gasteiger partial charge in [-0.25, -0.2) is 8.98 Å². The van der Waals surface area contributed by atoms with Crippen molar-refractivity contribution >= 4 is 16.1 Å². The van der Waals surface area contributed by atoms with Crippen LogP contribution in [0.1, 0.15) is 22.8 Å². The first kappa shape index (κ1) is 19.8. The number of carbonyl (C=O) groups excluding carboxylic acids is 1. The summed E-state index contributed by atoms with van der Waals surface area (Å²) in [7, 11) is -4.15. The lowest BCUT2D eigenvalue weighted by Gasteiger charge is -2.17. The maximum absolute atomic E-state index is 12.7. The van der Waals surface area contributed by atoms with Gasteiger partial charge in [0.25, 0.3) is 10.1 Å². The van der Waals surface area contributed by atoms with E-state index >= 15 is 0 Å². The second-order valence-electron chi connectivity index (χ2n) is 6.25. The molecule has 1 unspecified atom stereocenters. The molecule has 144 valence electrons. The Kier molecular flexibility index (Phi) is 6.23. The summed E-state index contributed by atoms with van der Waals surface area (Å²) < 4.78 is 36.0. The standard InChI is InChI=1S/C22H20O5S/c1-17-12-14-20(15-13-17)28(24,25)27-21(19-10-6-3-7-11-19)22(23)26-16-18-8-4-2-5-9-18/h2-15,21H,16H2,1H3. The number of benzene rings is 3. The van der Waals surface area contributed by atoms with E-state index in [4.69, 9.17) is 8.92 Å². The Morgan fingerprint density at radius 1 is 0.857 bits per heavy atom. The van der Waals surface area contributed by atoms with Gasteiger partial charge in [-0.3, -0.25) is 0 Å². The molecule has 6 heteroatoms. The van der Waals surface area contributed by atoms with Crippen molar-refractivity contribution in [3.05, 3.63) is 102 Å². The van der Waals surface area contributed by atoms with Gasteiger partial charge in [0.15, 0.2) is 6.10 Å². The number of aryl methyl sites for hydroxylation is 1. The molecular formula is C22H20O5S. The van der Waals surface area contributed by atoms with E-state index in [1.54, 1.807) is 42.5 Å². The van der Waals surface area contributed by atoms with Crippen LogP contribution in [0.4, 0.5) is 0 Å². The molecule has 0 aliphatic heterocycles. The van der Waals surface area contributed by atoms with E-state index in [0.29, 0.717) is 5.56 Å². The molecule has 0 aliphatic rings. The Balaban J connectivity index is 1.83. The summed E-state index contributed by atoms with van der Waals surface area (Å²) in [4.78, 5) is 12.6. The molecule has 3 aromatic rings. The fraction of sp³-hybridized carbons (Fsp3) is 0.136. The second kappa shape index (κ2) is 8.82. The molecule has 0 N–H and O–H groups in total. The first-order valence-corrected chi connectivity index (χ1v) is 10.1. The van der Waals surface area contributed by atoms with Crippen molar-refractivity contribution in [2.24, 2.45) is 0 Å². The van der Waals surface area contributed by atoms with Crippen LogP contribution in [-0.4, -0.2) is 14.4 Å². The Bertz CT molecular complexity index is 1010. The summed E-state index contributed by atoms with van der Waals surface area (Å²) in [5.41, 5.74) is 2.11. The monoisotopic (exact) mass is 396 g/mol. The minimum absolute atomic E-state index is 0.0186. The molecule has 0 bridgehead atoms. The van der Waals surface area contributed by atoms with Crippen molar-refractivity contribution in [1.29, 1.82) is 0 Å². The highest BCUT2D eigenvalue weighted by Crippen LogP contribution is 2.26. The van der Waals surface area contributed by atoms with Gasteiger partial charge in [-0.2, -0.15) is 8.42 Å². The number of rotatable bonds is 7. The molecule has 0 aromatic heterocycles. The van der Waals surface area contributed by atoms with Crippen LogP contribution in [0.5, 0.6) is 0 Å². The number of esters is 1. The van der Waals surface area contributed by atoms with Gasteiger partial charge in [-0.15, -0.1) is 0 Å². The van der Waals surface area contributed by atoms with Gasteiger partial charge in [-0.1, -0.05) is 78.4 Å². The third-order valence-electron chi connectivity index (χ3n) is 4.07. The lowest BCUT2D eigenvalue weighted by molar-refractivity contribution is -0.153. The molecule has 5 nitrogen and oxygen atoms in total. The van der Waals surface area contributed by atoms with Gasteiger partial charge in [0.2, 0.25) is 0 Å². The normalized spacial score (nSPS) is 12.3. The first-order chi connectivity index (χ1) is 13.5. The maximum Gasteiger partial charge on any atom is 0.341 e. The quantitative estimate of drug-likeness (QED) is 0.442. The molecule has 0 saturated carbocycles. The number of carbonyl (C=O) groups is 1. The SMILES string of the molecule is Cc1ccc(S(=O)(=O)OC(C(=O)OCc2ccccc2)c2ccccc2)cc1. The van der Waals surface area contributed by atoms with Crippen LogP contribution in [-0.2, 0) is 30.4 Å². The van der Waals surface area contributed by atoms with E-state index in [2.05, 4.69) is 0 Å². The van der Waals surface area contributed by atoms with Gasteiger partial charge in [0.1, 0.15) is 6.61 Å².